The Morgan fingerprint density at radius 1 is 1.29 bits per heavy atom. The van der Waals surface area contributed by atoms with Gasteiger partial charge in [0, 0.05) is 31.7 Å². The Labute approximate surface area is 141 Å². The molecule has 2 aliphatic rings. The molecule has 0 spiro atoms. The number of nitrogens with one attached hydrogen (secondary N) is 2. The number of piperidine rings is 1. The Bertz CT molecular complexity index is 569. The lowest BCUT2D eigenvalue weighted by molar-refractivity contribution is -0.117. The van der Waals surface area contributed by atoms with E-state index in [9.17, 15) is 9.18 Å². The first-order chi connectivity index (χ1) is 11.6. The van der Waals surface area contributed by atoms with E-state index in [1.165, 1.54) is 31.0 Å². The molecular formula is C18H25FN2O3. The van der Waals surface area contributed by atoms with Gasteiger partial charge in [-0.2, -0.15) is 0 Å². The summed E-state index contributed by atoms with van der Waals surface area (Å²) in [5.74, 6) is 0.384. The summed E-state index contributed by atoms with van der Waals surface area (Å²) in [6.45, 7) is 0.783. The number of carbonyl (C=O) groups is 1. The number of methoxy groups -OCH3 is 1. The van der Waals surface area contributed by atoms with Gasteiger partial charge < -0.3 is 20.1 Å². The highest BCUT2D eigenvalue weighted by molar-refractivity contribution is 5.92. The van der Waals surface area contributed by atoms with Gasteiger partial charge in [-0.25, -0.2) is 4.39 Å². The molecule has 0 aliphatic carbocycles. The molecule has 3 rings (SSSR count). The van der Waals surface area contributed by atoms with Gasteiger partial charge in [0.05, 0.1) is 12.3 Å². The minimum atomic E-state index is -0.399. The topological polar surface area (TPSA) is 59.6 Å². The molecule has 132 valence electrons. The number of ether oxygens (including phenoxy) is 2. The van der Waals surface area contributed by atoms with Crippen LogP contribution in [0.4, 0.5) is 10.1 Å². The smallest absolute Gasteiger partial charge is 0.224 e. The zero-order chi connectivity index (χ0) is 16.9. The molecule has 1 amide bonds. The third-order valence-electron chi connectivity index (χ3n) is 4.81. The Morgan fingerprint density at radius 2 is 2.04 bits per heavy atom. The number of amides is 1. The highest BCUT2D eigenvalue weighted by Crippen LogP contribution is 2.33. The summed E-state index contributed by atoms with van der Waals surface area (Å²) >= 11 is 0. The number of fused-ring (bicyclic) bond motifs is 2. The second-order valence-electron chi connectivity index (χ2n) is 6.71. The molecule has 2 aliphatic heterocycles. The van der Waals surface area contributed by atoms with Gasteiger partial charge in [0.15, 0.2) is 0 Å². The molecule has 2 fully saturated rings. The fraction of sp³-hybridized carbons (Fsp3) is 0.611. The average Bonchev–Trinajstić information content (AvgIpc) is 2.88. The van der Waals surface area contributed by atoms with Gasteiger partial charge in [0.25, 0.3) is 0 Å². The predicted molar refractivity (Wildman–Crippen MR) is 89.7 cm³/mol. The molecule has 2 saturated heterocycles. The molecule has 5 nitrogen and oxygen atoms in total. The summed E-state index contributed by atoms with van der Waals surface area (Å²) in [5.41, 5.74) is 0.382. The second-order valence-corrected chi connectivity index (χ2v) is 6.71. The van der Waals surface area contributed by atoms with Gasteiger partial charge in [0.1, 0.15) is 18.2 Å². The van der Waals surface area contributed by atoms with Crippen LogP contribution in [0.5, 0.6) is 5.75 Å². The first-order valence-electron chi connectivity index (χ1n) is 8.61. The van der Waals surface area contributed by atoms with Crippen LogP contribution < -0.4 is 15.4 Å². The van der Waals surface area contributed by atoms with Gasteiger partial charge in [0.2, 0.25) is 5.91 Å². The number of hydrogen-bond acceptors (Lipinski definition) is 4. The summed E-state index contributed by atoms with van der Waals surface area (Å²) < 4.78 is 24.0. The van der Waals surface area contributed by atoms with Crippen LogP contribution in [-0.4, -0.2) is 38.3 Å². The monoisotopic (exact) mass is 336 g/mol. The van der Waals surface area contributed by atoms with Crippen molar-refractivity contribution in [2.45, 2.75) is 44.2 Å². The molecule has 24 heavy (non-hydrogen) atoms. The molecule has 2 N–H and O–H groups in total. The molecule has 0 saturated carbocycles. The van der Waals surface area contributed by atoms with Crippen LogP contribution in [-0.2, 0) is 9.53 Å². The molecule has 2 atom stereocenters. The van der Waals surface area contributed by atoms with Crippen LogP contribution in [0.25, 0.3) is 0 Å². The number of hydrogen-bond donors (Lipinski definition) is 2. The summed E-state index contributed by atoms with van der Waals surface area (Å²) in [5, 5.41) is 6.39. The standard InChI is InChI=1S/C18H25FN2O3/c1-23-6-7-24-17-5-2-13(19)11-16(17)21-18(22)10-12-8-14-3-4-15(9-12)20-14/h2,5,11-12,14-15,20H,3-4,6-10H2,1H3,(H,21,22). The van der Waals surface area contributed by atoms with Crippen molar-refractivity contribution < 1.29 is 18.7 Å². The fourth-order valence-electron chi connectivity index (χ4n) is 3.77. The zero-order valence-corrected chi connectivity index (χ0v) is 14.0. The van der Waals surface area contributed by atoms with Crippen LogP contribution >= 0.6 is 0 Å². The average molecular weight is 336 g/mol. The SMILES string of the molecule is COCCOc1ccc(F)cc1NC(=O)CC1CC2CCC(C1)N2. The molecule has 2 unspecified atom stereocenters. The van der Waals surface area contributed by atoms with Gasteiger partial charge in [-0.1, -0.05) is 0 Å². The van der Waals surface area contributed by atoms with E-state index in [1.54, 1.807) is 7.11 Å². The molecule has 1 aromatic rings. The van der Waals surface area contributed by atoms with Crippen molar-refractivity contribution in [2.24, 2.45) is 5.92 Å². The van der Waals surface area contributed by atoms with Gasteiger partial charge in [-0.05, 0) is 43.7 Å². The van der Waals surface area contributed by atoms with Crippen LogP contribution in [0.2, 0.25) is 0 Å². The molecule has 0 radical (unpaired) electrons. The zero-order valence-electron chi connectivity index (χ0n) is 14.0. The Morgan fingerprint density at radius 3 is 2.75 bits per heavy atom. The van der Waals surface area contributed by atoms with Crippen LogP contribution in [0.3, 0.4) is 0 Å². The fourth-order valence-corrected chi connectivity index (χ4v) is 3.77. The van der Waals surface area contributed by atoms with E-state index in [4.69, 9.17) is 9.47 Å². The van der Waals surface area contributed by atoms with E-state index in [0.717, 1.165) is 12.8 Å². The maximum Gasteiger partial charge on any atom is 0.224 e. The van der Waals surface area contributed by atoms with Crippen molar-refractivity contribution in [2.75, 3.05) is 25.6 Å². The van der Waals surface area contributed by atoms with E-state index in [-0.39, 0.29) is 5.91 Å². The maximum atomic E-state index is 13.5. The van der Waals surface area contributed by atoms with E-state index in [0.29, 0.717) is 49.1 Å². The minimum absolute atomic E-state index is 0.0801. The highest BCUT2D eigenvalue weighted by Gasteiger charge is 2.34. The first kappa shape index (κ1) is 17.2. The molecule has 2 bridgehead atoms. The van der Waals surface area contributed by atoms with E-state index in [2.05, 4.69) is 10.6 Å². The quantitative estimate of drug-likeness (QED) is 0.752. The van der Waals surface area contributed by atoms with Crippen LogP contribution in [0, 0.1) is 11.7 Å². The Hall–Kier alpha value is -1.66. The summed E-state index contributed by atoms with van der Waals surface area (Å²) in [6, 6.07) is 5.27. The molecule has 1 aromatic carbocycles. The van der Waals surface area contributed by atoms with Crippen LogP contribution in [0.15, 0.2) is 18.2 Å². The largest absolute Gasteiger partial charge is 0.489 e. The Balaban J connectivity index is 1.57. The van der Waals surface area contributed by atoms with Gasteiger partial charge >= 0.3 is 0 Å². The minimum Gasteiger partial charge on any atom is -0.489 e. The molecule has 6 heteroatoms. The Kier molecular flexibility index (Phi) is 5.68. The number of benzene rings is 1. The number of carbonyl (C=O) groups excluding carboxylic acids is 1. The third kappa shape index (κ3) is 4.45. The lowest BCUT2D eigenvalue weighted by Crippen LogP contribution is -2.39. The number of rotatable bonds is 7. The lowest BCUT2D eigenvalue weighted by atomic mass is 9.89. The second kappa shape index (κ2) is 7.94. The van der Waals surface area contributed by atoms with Crippen molar-refractivity contribution in [1.29, 1.82) is 0 Å². The normalized spacial score (nSPS) is 25.5. The maximum absolute atomic E-state index is 13.5. The van der Waals surface area contributed by atoms with Crippen molar-refractivity contribution in [1.82, 2.24) is 5.32 Å². The lowest BCUT2D eigenvalue weighted by Gasteiger charge is -2.28. The molecule has 2 heterocycles. The van der Waals surface area contributed by atoms with Crippen molar-refractivity contribution in [3.8, 4) is 5.75 Å². The van der Waals surface area contributed by atoms with E-state index in [1.807, 2.05) is 0 Å². The summed E-state index contributed by atoms with van der Waals surface area (Å²) in [4.78, 5) is 12.4. The number of anilines is 1. The van der Waals surface area contributed by atoms with Crippen molar-refractivity contribution in [3.05, 3.63) is 24.0 Å². The number of halogens is 1. The third-order valence-corrected chi connectivity index (χ3v) is 4.81. The summed E-state index contributed by atoms with van der Waals surface area (Å²) in [6.07, 6.45) is 4.99. The van der Waals surface area contributed by atoms with Gasteiger partial charge in [-0.15, -0.1) is 0 Å². The van der Waals surface area contributed by atoms with E-state index >= 15 is 0 Å². The first-order valence-corrected chi connectivity index (χ1v) is 8.61. The van der Waals surface area contributed by atoms with Crippen molar-refractivity contribution in [3.63, 3.8) is 0 Å². The van der Waals surface area contributed by atoms with Crippen molar-refractivity contribution >= 4 is 11.6 Å². The van der Waals surface area contributed by atoms with Gasteiger partial charge in [-0.3, -0.25) is 4.79 Å². The predicted octanol–water partition coefficient (Wildman–Crippen LogP) is 2.71. The van der Waals surface area contributed by atoms with E-state index < -0.39 is 5.82 Å². The summed E-state index contributed by atoms with van der Waals surface area (Å²) in [7, 11) is 1.59. The highest BCUT2D eigenvalue weighted by atomic mass is 19.1. The van der Waals surface area contributed by atoms with Crippen LogP contribution in [0.1, 0.15) is 32.1 Å². The molecular weight excluding hydrogens is 311 g/mol. The molecule has 0 aromatic heterocycles.